The zero-order valence-electron chi connectivity index (χ0n) is 13.5. The number of hydrogen-bond acceptors (Lipinski definition) is 4. The van der Waals surface area contributed by atoms with Crippen molar-refractivity contribution in [3.8, 4) is 0 Å². The summed E-state index contributed by atoms with van der Waals surface area (Å²) in [5, 5.41) is 12.3. The highest BCUT2D eigenvalue weighted by Gasteiger charge is 2.38. The lowest BCUT2D eigenvalue weighted by Gasteiger charge is -2.38. The van der Waals surface area contributed by atoms with Gasteiger partial charge in [-0.05, 0) is 53.0 Å². The number of hydrogen-bond donors (Lipinski definition) is 2. The summed E-state index contributed by atoms with van der Waals surface area (Å²) < 4.78 is 5.20. The number of likely N-dealkylation sites (N-methyl/N-ethyl adjacent to an activating group) is 1. The number of ether oxygens (including phenoxy) is 1. The first-order valence-corrected chi connectivity index (χ1v) is 7.52. The molecule has 5 nitrogen and oxygen atoms in total. The second-order valence-electron chi connectivity index (χ2n) is 6.25. The molecule has 1 rings (SSSR count). The van der Waals surface area contributed by atoms with Crippen LogP contribution in [-0.2, 0) is 9.53 Å². The maximum atomic E-state index is 11.4. The fraction of sp³-hybridized carbons (Fsp3) is 0.933. The highest BCUT2D eigenvalue weighted by molar-refractivity contribution is 5.78. The van der Waals surface area contributed by atoms with Gasteiger partial charge in [-0.3, -0.25) is 9.69 Å². The van der Waals surface area contributed by atoms with E-state index in [4.69, 9.17) is 4.74 Å². The second kappa shape index (κ2) is 7.38. The van der Waals surface area contributed by atoms with Crippen LogP contribution in [0.3, 0.4) is 0 Å². The Labute approximate surface area is 122 Å². The quantitative estimate of drug-likeness (QED) is 0.638. The third kappa shape index (κ3) is 4.43. The van der Waals surface area contributed by atoms with Crippen LogP contribution in [0.5, 0.6) is 0 Å². The fourth-order valence-electron chi connectivity index (χ4n) is 2.88. The molecule has 1 fully saturated rings. The number of carboxylic acids is 1. The highest BCUT2D eigenvalue weighted by Crippen LogP contribution is 2.36. The van der Waals surface area contributed by atoms with Crippen molar-refractivity contribution in [2.24, 2.45) is 5.92 Å². The second-order valence-corrected chi connectivity index (χ2v) is 6.25. The molecular formula is C15H30N2O3. The Hall–Kier alpha value is -0.650. The van der Waals surface area contributed by atoms with E-state index in [9.17, 15) is 9.90 Å². The van der Waals surface area contributed by atoms with Gasteiger partial charge in [-0.25, -0.2) is 0 Å². The predicted octanol–water partition coefficient (Wildman–Crippen LogP) is 1.57. The first-order valence-electron chi connectivity index (χ1n) is 7.52. The number of carboxylic acid groups (broad SMARTS) is 1. The monoisotopic (exact) mass is 286 g/mol. The van der Waals surface area contributed by atoms with E-state index in [1.165, 1.54) is 12.8 Å². The van der Waals surface area contributed by atoms with E-state index < -0.39 is 11.5 Å². The highest BCUT2D eigenvalue weighted by atomic mass is 16.5. The third-order valence-corrected chi connectivity index (χ3v) is 4.67. The summed E-state index contributed by atoms with van der Waals surface area (Å²) in [5.74, 6) is -0.0300. The molecular weight excluding hydrogens is 256 g/mol. The molecule has 20 heavy (non-hydrogen) atoms. The number of nitrogens with one attached hydrogen (secondary N) is 1. The molecule has 0 heterocycles. The van der Waals surface area contributed by atoms with Crippen molar-refractivity contribution in [3.05, 3.63) is 0 Å². The Bertz CT molecular complexity index is 320. The van der Waals surface area contributed by atoms with Gasteiger partial charge in [0, 0.05) is 25.7 Å². The van der Waals surface area contributed by atoms with Gasteiger partial charge in [0.2, 0.25) is 0 Å². The van der Waals surface area contributed by atoms with Crippen molar-refractivity contribution >= 4 is 5.97 Å². The molecule has 1 saturated carbocycles. The lowest BCUT2D eigenvalue weighted by atomic mass is 9.92. The van der Waals surface area contributed by atoms with Crippen molar-refractivity contribution in [2.75, 3.05) is 27.3 Å². The Balaban J connectivity index is 2.70. The van der Waals surface area contributed by atoms with Gasteiger partial charge < -0.3 is 15.2 Å². The number of carbonyl (C=O) groups is 1. The number of rotatable bonds is 10. The van der Waals surface area contributed by atoms with Crippen molar-refractivity contribution in [1.29, 1.82) is 0 Å². The maximum absolute atomic E-state index is 11.4. The lowest BCUT2D eigenvalue weighted by Crippen LogP contribution is -2.54. The lowest BCUT2D eigenvalue weighted by molar-refractivity contribution is -0.145. The molecule has 0 aromatic heterocycles. The minimum atomic E-state index is -0.881. The van der Waals surface area contributed by atoms with Crippen LogP contribution in [0.2, 0.25) is 0 Å². The molecule has 3 unspecified atom stereocenters. The average Bonchev–Trinajstić information content (AvgIpc) is 3.22. The Kier molecular flexibility index (Phi) is 6.43. The largest absolute Gasteiger partial charge is 0.480 e. The van der Waals surface area contributed by atoms with Crippen molar-refractivity contribution in [3.63, 3.8) is 0 Å². The topological polar surface area (TPSA) is 61.8 Å². The first kappa shape index (κ1) is 17.4. The van der Waals surface area contributed by atoms with E-state index in [1.807, 2.05) is 0 Å². The Morgan fingerprint density at radius 1 is 1.50 bits per heavy atom. The molecule has 3 atom stereocenters. The van der Waals surface area contributed by atoms with E-state index in [2.05, 4.69) is 24.1 Å². The molecule has 118 valence electrons. The van der Waals surface area contributed by atoms with Gasteiger partial charge in [0.05, 0.1) is 6.61 Å². The minimum Gasteiger partial charge on any atom is -0.480 e. The van der Waals surface area contributed by atoms with Gasteiger partial charge in [-0.1, -0.05) is 0 Å². The normalized spacial score (nSPS) is 21.5. The third-order valence-electron chi connectivity index (χ3n) is 4.67. The number of aliphatic carboxylic acids is 1. The molecule has 2 N–H and O–H groups in total. The molecule has 1 aliphatic rings. The van der Waals surface area contributed by atoms with Gasteiger partial charge in [-0.2, -0.15) is 0 Å². The molecule has 0 spiro atoms. The van der Waals surface area contributed by atoms with E-state index in [-0.39, 0.29) is 6.04 Å². The van der Waals surface area contributed by atoms with Gasteiger partial charge in [0.1, 0.15) is 5.54 Å². The minimum absolute atomic E-state index is 0.203. The van der Waals surface area contributed by atoms with Crippen molar-refractivity contribution < 1.29 is 14.6 Å². The van der Waals surface area contributed by atoms with Crippen LogP contribution in [-0.4, -0.2) is 60.9 Å². The standard InChI is InChI=1S/C15H30N2O3/c1-11(10-15(3,16-4)14(18)19)17(8-9-20-5)12(2)13-6-7-13/h11-13,16H,6-10H2,1-5H3,(H,18,19). The summed E-state index contributed by atoms with van der Waals surface area (Å²) in [6.07, 6.45) is 3.17. The molecule has 0 amide bonds. The first-order chi connectivity index (χ1) is 9.35. The summed E-state index contributed by atoms with van der Waals surface area (Å²) in [6.45, 7) is 7.66. The van der Waals surface area contributed by atoms with E-state index in [0.717, 1.165) is 12.5 Å². The zero-order chi connectivity index (χ0) is 15.3. The molecule has 0 aliphatic heterocycles. The summed E-state index contributed by atoms with van der Waals surface area (Å²) >= 11 is 0. The summed E-state index contributed by atoms with van der Waals surface area (Å²) in [5.41, 5.74) is -0.881. The van der Waals surface area contributed by atoms with Crippen LogP contribution in [0, 0.1) is 5.92 Å². The van der Waals surface area contributed by atoms with Crippen LogP contribution in [0.4, 0.5) is 0 Å². The number of methoxy groups -OCH3 is 1. The molecule has 0 bridgehead atoms. The molecule has 0 aromatic carbocycles. The fourth-order valence-corrected chi connectivity index (χ4v) is 2.88. The average molecular weight is 286 g/mol. The summed E-state index contributed by atoms with van der Waals surface area (Å²) in [7, 11) is 3.42. The molecule has 0 saturated heterocycles. The Morgan fingerprint density at radius 3 is 2.50 bits per heavy atom. The van der Waals surface area contributed by atoms with Crippen LogP contribution >= 0.6 is 0 Å². The summed E-state index contributed by atoms with van der Waals surface area (Å²) in [4.78, 5) is 13.8. The van der Waals surface area contributed by atoms with Crippen molar-refractivity contribution in [2.45, 2.75) is 57.7 Å². The zero-order valence-corrected chi connectivity index (χ0v) is 13.5. The van der Waals surface area contributed by atoms with Gasteiger partial charge in [0.25, 0.3) is 0 Å². The van der Waals surface area contributed by atoms with Gasteiger partial charge in [-0.15, -0.1) is 0 Å². The summed E-state index contributed by atoms with van der Waals surface area (Å²) in [6, 6.07) is 0.698. The molecule has 0 aromatic rings. The van der Waals surface area contributed by atoms with Crippen molar-refractivity contribution in [1.82, 2.24) is 10.2 Å². The molecule has 5 heteroatoms. The van der Waals surface area contributed by atoms with E-state index in [1.54, 1.807) is 21.1 Å². The van der Waals surface area contributed by atoms with Crippen LogP contribution in [0.25, 0.3) is 0 Å². The van der Waals surface area contributed by atoms with Crippen LogP contribution in [0.1, 0.15) is 40.0 Å². The van der Waals surface area contributed by atoms with Gasteiger partial charge >= 0.3 is 5.97 Å². The molecule has 0 radical (unpaired) electrons. The van der Waals surface area contributed by atoms with E-state index in [0.29, 0.717) is 19.1 Å². The van der Waals surface area contributed by atoms with Crippen LogP contribution < -0.4 is 5.32 Å². The maximum Gasteiger partial charge on any atom is 0.323 e. The Morgan fingerprint density at radius 2 is 2.10 bits per heavy atom. The van der Waals surface area contributed by atoms with Crippen LogP contribution in [0.15, 0.2) is 0 Å². The van der Waals surface area contributed by atoms with Gasteiger partial charge in [0.15, 0.2) is 0 Å². The van der Waals surface area contributed by atoms with E-state index >= 15 is 0 Å². The number of nitrogens with zero attached hydrogens (tertiary/aromatic N) is 1. The smallest absolute Gasteiger partial charge is 0.323 e. The predicted molar refractivity (Wildman–Crippen MR) is 79.9 cm³/mol. The SMILES string of the molecule is CNC(C)(CC(C)N(CCOC)C(C)C1CC1)C(=O)O. The molecule has 1 aliphatic carbocycles.